The summed E-state index contributed by atoms with van der Waals surface area (Å²) in [5.74, 6) is -1.10. The van der Waals surface area contributed by atoms with Crippen molar-refractivity contribution in [3.63, 3.8) is 0 Å². The number of rotatable bonds is 4. The van der Waals surface area contributed by atoms with Crippen molar-refractivity contribution in [3.8, 4) is 0 Å². The smallest absolute Gasteiger partial charge is 0.414 e. The summed E-state index contributed by atoms with van der Waals surface area (Å²) in [5.41, 5.74) is 2.69. The molecule has 0 aromatic heterocycles. The van der Waals surface area contributed by atoms with Crippen LogP contribution < -0.4 is 0 Å². The Hall–Kier alpha value is -3.13. The van der Waals surface area contributed by atoms with Crippen LogP contribution in [0.2, 0.25) is 0 Å². The van der Waals surface area contributed by atoms with Gasteiger partial charge in [-0.1, -0.05) is 24.3 Å². The third kappa shape index (κ3) is 2.68. The molecule has 0 spiro atoms. The molecule has 1 aromatic carbocycles. The highest BCUT2D eigenvalue weighted by Crippen LogP contribution is 2.49. The average Bonchev–Trinajstić information content (AvgIpc) is 3.25. The van der Waals surface area contributed by atoms with E-state index in [1.54, 1.807) is 13.0 Å². The van der Waals surface area contributed by atoms with Crippen molar-refractivity contribution >= 4 is 17.9 Å². The van der Waals surface area contributed by atoms with Gasteiger partial charge < -0.3 is 14.6 Å². The van der Waals surface area contributed by atoms with E-state index in [4.69, 9.17) is 9.47 Å². The fourth-order valence-corrected chi connectivity index (χ4v) is 4.18. The van der Waals surface area contributed by atoms with Gasteiger partial charge in [0.05, 0.1) is 17.9 Å². The monoisotopic (exact) mass is 384 g/mol. The molecule has 8 nitrogen and oxygen atoms in total. The van der Waals surface area contributed by atoms with Crippen LogP contribution >= 0.6 is 0 Å². The maximum atomic E-state index is 12.8. The fraction of sp³-hybridized carbons (Fsp3) is 0.350. The molecule has 0 radical (unpaired) electrons. The highest BCUT2D eigenvalue weighted by molar-refractivity contribution is 6.05. The molecule has 0 saturated carbocycles. The van der Waals surface area contributed by atoms with Gasteiger partial charge in [-0.3, -0.25) is 14.5 Å². The number of imide groups is 1. The third-order valence-corrected chi connectivity index (χ3v) is 5.44. The van der Waals surface area contributed by atoms with Gasteiger partial charge in [0.1, 0.15) is 6.73 Å². The molecular formula is C20H20N2O6. The largest absolute Gasteiger partial charge is 0.474 e. The SMILES string of the molecule is COCN1C(=O)C(C)=CC1O/C=C1/C(=O)N(C(=O)O)C2c3ccccc3CC12. The number of hydrogen-bond acceptors (Lipinski definition) is 5. The van der Waals surface area contributed by atoms with Gasteiger partial charge in [0, 0.05) is 18.6 Å². The topological polar surface area (TPSA) is 96.4 Å². The lowest BCUT2D eigenvalue weighted by Crippen LogP contribution is -2.37. The summed E-state index contributed by atoms with van der Waals surface area (Å²) in [6.07, 6.45) is 1.53. The molecule has 146 valence electrons. The van der Waals surface area contributed by atoms with Gasteiger partial charge in [-0.05, 0) is 30.5 Å². The molecule has 0 bridgehead atoms. The van der Waals surface area contributed by atoms with Crippen molar-refractivity contribution in [2.75, 3.05) is 13.8 Å². The van der Waals surface area contributed by atoms with E-state index < -0.39 is 24.3 Å². The van der Waals surface area contributed by atoms with Crippen LogP contribution in [-0.2, 0) is 25.5 Å². The lowest BCUT2D eigenvalue weighted by atomic mass is 9.97. The highest BCUT2D eigenvalue weighted by atomic mass is 16.5. The van der Waals surface area contributed by atoms with Crippen LogP contribution in [0, 0.1) is 5.92 Å². The molecule has 28 heavy (non-hydrogen) atoms. The molecular weight excluding hydrogens is 364 g/mol. The lowest BCUT2D eigenvalue weighted by Gasteiger charge is -2.23. The maximum absolute atomic E-state index is 12.8. The Labute approximate surface area is 161 Å². The predicted octanol–water partition coefficient (Wildman–Crippen LogP) is 2.04. The van der Waals surface area contributed by atoms with Crippen LogP contribution in [0.5, 0.6) is 0 Å². The lowest BCUT2D eigenvalue weighted by molar-refractivity contribution is -0.139. The van der Waals surface area contributed by atoms with E-state index >= 15 is 0 Å². The number of methoxy groups -OCH3 is 1. The second-order valence-corrected chi connectivity index (χ2v) is 7.05. The molecule has 1 saturated heterocycles. The minimum atomic E-state index is -1.28. The molecule has 8 heteroatoms. The molecule has 3 aliphatic rings. The van der Waals surface area contributed by atoms with Gasteiger partial charge in [0.2, 0.25) is 0 Å². The van der Waals surface area contributed by atoms with Gasteiger partial charge in [-0.15, -0.1) is 0 Å². The minimum absolute atomic E-state index is 0.0488. The molecule has 1 aliphatic carbocycles. The summed E-state index contributed by atoms with van der Waals surface area (Å²) in [7, 11) is 1.47. The molecule has 3 unspecified atom stereocenters. The Balaban J connectivity index is 1.64. The third-order valence-electron chi connectivity index (χ3n) is 5.44. The normalized spacial score (nSPS) is 27.3. The number of ether oxygens (including phenoxy) is 2. The molecule has 2 aliphatic heterocycles. The summed E-state index contributed by atoms with van der Waals surface area (Å²) in [6, 6.07) is 6.99. The van der Waals surface area contributed by atoms with Crippen LogP contribution in [0.1, 0.15) is 24.1 Å². The number of benzene rings is 1. The Morgan fingerprint density at radius 2 is 2.04 bits per heavy atom. The first-order valence-electron chi connectivity index (χ1n) is 8.92. The van der Waals surface area contributed by atoms with Crippen LogP contribution in [0.3, 0.4) is 0 Å². The van der Waals surface area contributed by atoms with Crippen molar-refractivity contribution in [2.45, 2.75) is 25.6 Å². The first-order chi connectivity index (χ1) is 13.4. The number of carbonyl (C=O) groups excluding carboxylic acids is 2. The molecule has 4 rings (SSSR count). The second kappa shape index (κ2) is 6.79. The summed E-state index contributed by atoms with van der Waals surface area (Å²) >= 11 is 0. The molecule has 2 heterocycles. The number of likely N-dealkylation sites (tertiary alicyclic amines) is 1. The van der Waals surface area contributed by atoms with Gasteiger partial charge in [-0.2, -0.15) is 0 Å². The zero-order valence-electron chi connectivity index (χ0n) is 15.5. The Morgan fingerprint density at radius 1 is 1.29 bits per heavy atom. The Morgan fingerprint density at radius 3 is 2.75 bits per heavy atom. The average molecular weight is 384 g/mol. The zero-order valence-corrected chi connectivity index (χ0v) is 15.5. The predicted molar refractivity (Wildman–Crippen MR) is 96.7 cm³/mol. The number of carboxylic acid groups (broad SMARTS) is 1. The maximum Gasteiger partial charge on any atom is 0.414 e. The molecule has 1 aromatic rings. The van der Waals surface area contributed by atoms with Crippen molar-refractivity contribution in [3.05, 3.63) is 58.9 Å². The van der Waals surface area contributed by atoms with Gasteiger partial charge >= 0.3 is 6.09 Å². The van der Waals surface area contributed by atoms with Gasteiger partial charge in [0.15, 0.2) is 6.23 Å². The fourth-order valence-electron chi connectivity index (χ4n) is 4.18. The van der Waals surface area contributed by atoms with Crippen LogP contribution in [-0.4, -0.2) is 52.9 Å². The summed E-state index contributed by atoms with van der Waals surface area (Å²) in [5, 5.41) is 9.59. The Bertz CT molecular complexity index is 921. The van der Waals surface area contributed by atoms with Crippen molar-refractivity contribution < 1.29 is 29.0 Å². The Kier molecular flexibility index (Phi) is 4.43. The van der Waals surface area contributed by atoms with Gasteiger partial charge in [-0.25, -0.2) is 9.69 Å². The van der Waals surface area contributed by atoms with Gasteiger partial charge in [0.25, 0.3) is 11.8 Å². The van der Waals surface area contributed by atoms with E-state index in [-0.39, 0.29) is 18.6 Å². The minimum Gasteiger partial charge on any atom is -0.474 e. The standard InChI is InChI=1S/C20H20N2O6/c1-11-7-16(21(10-27-2)18(11)23)28-9-15-14-8-12-5-3-4-6-13(12)17(14)22(19(15)24)20(25)26/h3-7,9,14,16-17H,8,10H2,1-2H3,(H,25,26)/b15-9+. The van der Waals surface area contributed by atoms with Crippen molar-refractivity contribution in [1.82, 2.24) is 9.80 Å². The first kappa shape index (κ1) is 18.2. The number of amides is 3. The quantitative estimate of drug-likeness (QED) is 0.630. The number of carbonyl (C=O) groups is 3. The zero-order chi connectivity index (χ0) is 20.0. The molecule has 3 amide bonds. The van der Waals surface area contributed by atoms with Crippen LogP contribution in [0.25, 0.3) is 0 Å². The molecule has 1 N–H and O–H groups in total. The summed E-state index contributed by atoms with van der Waals surface area (Å²) in [6.45, 7) is 1.73. The van der Waals surface area contributed by atoms with E-state index in [9.17, 15) is 19.5 Å². The number of nitrogens with zero attached hydrogens (tertiary/aromatic N) is 2. The highest BCUT2D eigenvalue weighted by Gasteiger charge is 2.52. The second-order valence-electron chi connectivity index (χ2n) is 7.05. The molecule has 3 atom stereocenters. The van der Waals surface area contributed by atoms with E-state index in [2.05, 4.69) is 0 Å². The van der Waals surface area contributed by atoms with Crippen LogP contribution in [0.4, 0.5) is 4.79 Å². The van der Waals surface area contributed by atoms with E-state index in [1.165, 1.54) is 18.3 Å². The van der Waals surface area contributed by atoms with Crippen molar-refractivity contribution in [2.24, 2.45) is 5.92 Å². The summed E-state index contributed by atoms with van der Waals surface area (Å²) in [4.78, 5) is 39.0. The van der Waals surface area contributed by atoms with Crippen LogP contribution in [0.15, 0.2) is 47.7 Å². The van der Waals surface area contributed by atoms with E-state index in [0.29, 0.717) is 17.6 Å². The van der Waals surface area contributed by atoms with E-state index in [0.717, 1.165) is 16.0 Å². The summed E-state index contributed by atoms with van der Waals surface area (Å²) < 4.78 is 10.8. The van der Waals surface area contributed by atoms with E-state index in [1.807, 2.05) is 24.3 Å². The van der Waals surface area contributed by atoms with Crippen molar-refractivity contribution in [1.29, 1.82) is 0 Å². The molecule has 1 fully saturated rings. The number of fused-ring (bicyclic) bond motifs is 3. The first-order valence-corrected chi connectivity index (χ1v) is 8.92. The number of hydrogen-bond donors (Lipinski definition) is 1.